The van der Waals surface area contributed by atoms with Crippen molar-refractivity contribution in [3.05, 3.63) is 0 Å². The summed E-state index contributed by atoms with van der Waals surface area (Å²) >= 11 is 0. The molecule has 0 aromatic carbocycles. The van der Waals surface area contributed by atoms with Crippen LogP contribution in [-0.4, -0.2) is 166 Å². The Morgan fingerprint density at radius 3 is 0.853 bits per heavy atom. The minimum atomic E-state index is -0.283. The van der Waals surface area contributed by atoms with Gasteiger partial charge in [-0.05, 0) is 64.5 Å². The number of nitrogens with zero attached hydrogens (tertiary/aromatic N) is 4. The lowest BCUT2D eigenvalue weighted by molar-refractivity contribution is 0.0594. The monoisotopic (exact) mass is 1040 g/mol. The van der Waals surface area contributed by atoms with E-state index in [0.717, 1.165) is 77.3 Å². The Balaban J connectivity index is 2.22. The molecule has 8 nitrogen and oxygen atoms in total. The highest BCUT2D eigenvalue weighted by Gasteiger charge is 2.19. The van der Waals surface area contributed by atoms with Gasteiger partial charge in [0.05, 0.1) is 24.4 Å². The molecule has 4 unspecified atom stereocenters. The van der Waals surface area contributed by atoms with Crippen LogP contribution in [0.5, 0.6) is 0 Å². The van der Waals surface area contributed by atoms with Crippen LogP contribution in [0, 0.1) is 0 Å². The summed E-state index contributed by atoms with van der Waals surface area (Å²) in [4.78, 5) is 10.0. The number of hydrogen-bond acceptors (Lipinski definition) is 12. The molecule has 0 saturated carbocycles. The molecule has 0 aromatic heterocycles. The molecule has 0 radical (unpaired) electrons. The van der Waals surface area contributed by atoms with Crippen LogP contribution in [0.25, 0.3) is 0 Å². The Kier molecular flexibility index (Phi) is 50.9. The molecule has 1 aliphatic heterocycles. The topological polar surface area (TPSA) is 93.9 Å². The molecule has 68 heavy (non-hydrogen) atoms. The maximum Gasteiger partial charge on any atom is 0.0667 e. The quantitative estimate of drug-likeness (QED) is 0.0345. The molecule has 408 valence electrons. The zero-order valence-corrected chi connectivity index (χ0v) is 48.7. The van der Waals surface area contributed by atoms with Crippen molar-refractivity contribution in [3.8, 4) is 0 Å². The fourth-order valence-electron chi connectivity index (χ4n) is 9.51. The predicted octanol–water partition coefficient (Wildman–Crippen LogP) is 14.0. The number of hydrogen-bond donors (Lipinski definition) is 4. The molecule has 1 saturated heterocycles. The lowest BCUT2D eigenvalue weighted by Crippen LogP contribution is -2.47. The van der Waals surface area contributed by atoms with E-state index < -0.39 is 0 Å². The molecule has 0 spiro atoms. The summed E-state index contributed by atoms with van der Waals surface area (Å²) in [7, 11) is 8.14. The molecule has 1 rings (SSSR count). The van der Waals surface area contributed by atoms with Gasteiger partial charge in [0.15, 0.2) is 0 Å². The van der Waals surface area contributed by atoms with E-state index in [0.29, 0.717) is 26.2 Å². The van der Waals surface area contributed by atoms with Gasteiger partial charge in [-0.3, -0.25) is 19.6 Å². The van der Waals surface area contributed by atoms with Gasteiger partial charge in [-0.1, -0.05) is 225 Å². The smallest absolute Gasteiger partial charge is 0.0667 e. The molecule has 0 bridgehead atoms. The van der Waals surface area contributed by atoms with E-state index in [1.54, 1.807) is 0 Å². The highest BCUT2D eigenvalue weighted by atomic mass is 33.1. The van der Waals surface area contributed by atoms with E-state index in [2.05, 4.69) is 47.3 Å². The molecule has 0 aliphatic carbocycles. The fraction of sp³-hybridized carbons (Fsp3) is 1.00. The largest absolute Gasteiger partial charge is 0.392 e. The van der Waals surface area contributed by atoms with Crippen LogP contribution in [0.4, 0.5) is 0 Å². The summed E-state index contributed by atoms with van der Waals surface area (Å²) in [5.41, 5.74) is 0. The lowest BCUT2D eigenvalue weighted by Gasteiger charge is -2.34. The van der Waals surface area contributed by atoms with Gasteiger partial charge in [0.25, 0.3) is 0 Å². The Bertz CT molecular complexity index is 882. The summed E-state index contributed by atoms with van der Waals surface area (Å²) in [6, 6.07) is 0. The first-order chi connectivity index (χ1) is 33.3. The maximum atomic E-state index is 10.9. The Morgan fingerprint density at radius 2 is 0.574 bits per heavy atom. The molecule has 4 N–H and O–H groups in total. The van der Waals surface area contributed by atoms with Crippen LogP contribution >= 0.6 is 43.2 Å². The Morgan fingerprint density at radius 1 is 0.324 bits per heavy atom. The fourth-order valence-corrected chi connectivity index (χ4v) is 13.9. The van der Waals surface area contributed by atoms with E-state index in [-0.39, 0.29) is 24.4 Å². The third kappa shape index (κ3) is 44.6. The number of piperazine rings is 1. The van der Waals surface area contributed by atoms with E-state index in [1.807, 2.05) is 43.2 Å². The van der Waals surface area contributed by atoms with Crippen molar-refractivity contribution in [2.24, 2.45) is 0 Å². The van der Waals surface area contributed by atoms with E-state index in [4.69, 9.17) is 0 Å². The van der Waals surface area contributed by atoms with Crippen molar-refractivity contribution < 1.29 is 20.4 Å². The zero-order chi connectivity index (χ0) is 49.4. The first kappa shape index (κ1) is 67.1. The highest BCUT2D eigenvalue weighted by molar-refractivity contribution is 8.77. The average molecular weight is 1040 g/mol. The van der Waals surface area contributed by atoms with E-state index >= 15 is 0 Å². The summed E-state index contributed by atoms with van der Waals surface area (Å²) in [6.07, 6.45) is 37.2. The second kappa shape index (κ2) is 51.6. The minimum Gasteiger partial charge on any atom is -0.392 e. The number of unbranched alkanes of at least 4 members (excludes halogenated alkanes) is 22. The number of aliphatic hydroxyl groups excluding tert-OH is 4. The first-order valence-corrected chi connectivity index (χ1v) is 34.4. The van der Waals surface area contributed by atoms with Crippen LogP contribution in [0.3, 0.4) is 0 Å². The molecular formula is C56H116N4O4S4. The number of aliphatic hydroxyl groups is 4. The summed E-state index contributed by atoms with van der Waals surface area (Å²) in [6.45, 7) is 20.9. The highest BCUT2D eigenvalue weighted by Crippen LogP contribution is 2.25. The lowest BCUT2D eigenvalue weighted by atomic mass is 10.1. The van der Waals surface area contributed by atoms with Gasteiger partial charge in [0, 0.05) is 88.5 Å². The molecule has 0 amide bonds. The molecule has 4 atom stereocenters. The van der Waals surface area contributed by atoms with Crippen molar-refractivity contribution in [3.63, 3.8) is 0 Å². The second-order valence-electron chi connectivity index (χ2n) is 20.7. The normalized spacial score (nSPS) is 15.8. The maximum absolute atomic E-state index is 10.9. The van der Waals surface area contributed by atoms with Gasteiger partial charge in [-0.25, -0.2) is 0 Å². The SMILES string of the molecule is CCCCCCCCC(O)CN(CCCCSSCCN1CCN(CCSSCCCCN(CC(O)CCCCCCCC)CC(O)CCCCCCCC)CC1)CC(O)CCCCCCCC. The van der Waals surface area contributed by atoms with E-state index in [9.17, 15) is 20.4 Å². The van der Waals surface area contributed by atoms with Crippen molar-refractivity contribution in [1.29, 1.82) is 0 Å². The second-order valence-corrected chi connectivity index (χ2v) is 26.1. The molecular weight excluding hydrogens is 921 g/mol. The van der Waals surface area contributed by atoms with Crippen LogP contribution in [-0.2, 0) is 0 Å². The first-order valence-electron chi connectivity index (χ1n) is 29.4. The summed E-state index contributed by atoms with van der Waals surface area (Å²) in [5, 5.41) is 43.6. The van der Waals surface area contributed by atoms with Crippen LogP contribution in [0.15, 0.2) is 0 Å². The van der Waals surface area contributed by atoms with Crippen molar-refractivity contribution in [2.75, 3.05) is 102 Å². The standard InChI is InChI=1S/C56H116N4O4S4/c1-5-9-13-17-21-25-33-53(61)49-59(50-54(62)34-26-22-18-14-10-6-2)37-29-31-45-65-67-47-43-57-39-41-58(42-40-57)44-48-68-66-46-32-30-38-60(51-55(63)35-27-23-19-15-11-7-3)52-56(64)36-28-24-20-16-12-8-4/h53-56,61-64H,5-52H2,1-4H3. The zero-order valence-electron chi connectivity index (χ0n) is 45.5. The Labute approximate surface area is 439 Å². The predicted molar refractivity (Wildman–Crippen MR) is 310 cm³/mol. The van der Waals surface area contributed by atoms with Gasteiger partial charge in [0.1, 0.15) is 0 Å². The van der Waals surface area contributed by atoms with Gasteiger partial charge < -0.3 is 20.4 Å². The average Bonchev–Trinajstić information content (AvgIpc) is 3.32. The van der Waals surface area contributed by atoms with Crippen LogP contribution in [0.2, 0.25) is 0 Å². The summed E-state index contributed by atoms with van der Waals surface area (Å²) in [5.74, 6) is 4.73. The van der Waals surface area contributed by atoms with Crippen molar-refractivity contribution >= 4 is 43.2 Å². The Hall–Kier alpha value is 1.08. The van der Waals surface area contributed by atoms with Crippen LogP contribution in [0.1, 0.15) is 233 Å². The molecule has 1 fully saturated rings. The van der Waals surface area contributed by atoms with E-state index in [1.165, 1.54) is 204 Å². The van der Waals surface area contributed by atoms with Crippen molar-refractivity contribution in [2.45, 2.75) is 258 Å². The van der Waals surface area contributed by atoms with Gasteiger partial charge in [0.2, 0.25) is 0 Å². The van der Waals surface area contributed by atoms with Gasteiger partial charge in [-0.2, -0.15) is 0 Å². The van der Waals surface area contributed by atoms with Crippen LogP contribution < -0.4 is 0 Å². The third-order valence-electron chi connectivity index (χ3n) is 14.0. The minimum absolute atomic E-state index is 0.283. The molecule has 1 heterocycles. The molecule has 12 heteroatoms. The van der Waals surface area contributed by atoms with Gasteiger partial charge in [-0.15, -0.1) is 0 Å². The summed E-state index contributed by atoms with van der Waals surface area (Å²) < 4.78 is 0. The molecule has 0 aromatic rings. The third-order valence-corrected chi connectivity index (χ3v) is 18.9. The van der Waals surface area contributed by atoms with Crippen molar-refractivity contribution in [1.82, 2.24) is 19.6 Å². The number of rotatable bonds is 54. The van der Waals surface area contributed by atoms with Gasteiger partial charge >= 0.3 is 0 Å². The molecule has 1 aliphatic rings.